The largest absolute Gasteiger partial charge is 0.417 e. The third-order valence-corrected chi connectivity index (χ3v) is 9.12. The highest BCUT2D eigenvalue weighted by Gasteiger charge is 2.53. The van der Waals surface area contributed by atoms with Gasteiger partial charge in [0, 0.05) is 43.4 Å². The fraction of sp³-hybridized carbons (Fsp3) is 0.533. The topological polar surface area (TPSA) is 56.7 Å². The average Bonchev–Trinajstić information content (AvgIpc) is 2.90. The monoisotopic (exact) mass is 523 g/mol. The van der Waals surface area contributed by atoms with Crippen LogP contribution in [0.4, 0.5) is 19.0 Å². The Labute approximate surface area is 221 Å². The van der Waals surface area contributed by atoms with E-state index in [-0.39, 0.29) is 11.0 Å². The molecule has 5 aliphatic rings. The average molecular weight is 524 g/mol. The number of carbonyl (C=O) groups excluding carboxylic acids is 1. The molecule has 1 aromatic carbocycles. The smallest absolute Gasteiger partial charge is 0.380 e. The van der Waals surface area contributed by atoms with Crippen LogP contribution >= 0.6 is 0 Å². The van der Waals surface area contributed by atoms with E-state index in [1.807, 2.05) is 17.0 Å². The van der Waals surface area contributed by atoms with Crippen molar-refractivity contribution in [3.8, 4) is 11.8 Å². The summed E-state index contributed by atoms with van der Waals surface area (Å²) < 4.78 is 40.0. The number of aliphatic hydroxyl groups is 1. The lowest BCUT2D eigenvalue weighted by Gasteiger charge is -2.57. The zero-order chi connectivity index (χ0) is 26.5. The maximum atomic E-state index is 13.3. The number of halogens is 3. The van der Waals surface area contributed by atoms with E-state index < -0.39 is 23.8 Å². The maximum absolute atomic E-state index is 13.3. The summed E-state index contributed by atoms with van der Waals surface area (Å²) in [5, 5.41) is 11.1. The van der Waals surface area contributed by atoms with Gasteiger partial charge in [0.1, 0.15) is 11.9 Å². The Kier molecular flexibility index (Phi) is 6.38. The Bertz CT molecular complexity index is 1220. The van der Waals surface area contributed by atoms with Crippen molar-refractivity contribution in [3.05, 3.63) is 59.3 Å². The van der Waals surface area contributed by atoms with E-state index in [0.717, 1.165) is 54.5 Å². The molecule has 2 aromatic rings. The lowest BCUT2D eigenvalue weighted by molar-refractivity contribution is -0.138. The Hall–Kier alpha value is -3.05. The van der Waals surface area contributed by atoms with Gasteiger partial charge in [-0.2, -0.15) is 13.2 Å². The standard InChI is InChI=1S/C30H32F3N3O2/c31-30(32,33)25-4-2-1-3-24(25)28(38)36-11-9-35(10-12-36)27-8-6-20(19-34-27)5-7-26(37)29-16-21-13-22(17-29)15-23(14-21)18-29/h1-4,6,8,19,21-23,26,37H,9-18H2. The van der Waals surface area contributed by atoms with Crippen LogP contribution in [0.1, 0.15) is 60.0 Å². The fourth-order valence-electron chi connectivity index (χ4n) is 7.69. The third kappa shape index (κ3) is 4.77. The van der Waals surface area contributed by atoms with Crippen molar-refractivity contribution < 1.29 is 23.1 Å². The molecule has 2 heterocycles. The number of hydrogen-bond acceptors (Lipinski definition) is 4. The molecule has 0 radical (unpaired) electrons. The number of anilines is 1. The molecule has 1 aromatic heterocycles. The van der Waals surface area contributed by atoms with Gasteiger partial charge in [-0.05, 0) is 80.5 Å². The molecule has 1 amide bonds. The zero-order valence-corrected chi connectivity index (χ0v) is 21.3. The first-order chi connectivity index (χ1) is 18.2. The Balaban J connectivity index is 1.07. The van der Waals surface area contributed by atoms with Crippen molar-refractivity contribution >= 4 is 11.7 Å². The highest BCUT2D eigenvalue weighted by atomic mass is 19.4. The third-order valence-electron chi connectivity index (χ3n) is 9.12. The normalized spacial score (nSPS) is 29.1. The van der Waals surface area contributed by atoms with Gasteiger partial charge in [0.05, 0.1) is 11.1 Å². The van der Waals surface area contributed by atoms with Gasteiger partial charge in [-0.1, -0.05) is 24.0 Å². The van der Waals surface area contributed by atoms with E-state index in [4.69, 9.17) is 0 Å². The van der Waals surface area contributed by atoms with Crippen molar-refractivity contribution in [2.24, 2.45) is 23.2 Å². The van der Waals surface area contributed by atoms with Crippen LogP contribution in [0, 0.1) is 35.0 Å². The maximum Gasteiger partial charge on any atom is 0.417 e. The molecule has 1 unspecified atom stereocenters. The zero-order valence-electron chi connectivity index (χ0n) is 21.3. The number of rotatable bonds is 3. The summed E-state index contributed by atoms with van der Waals surface area (Å²) in [6.07, 6.45) is 3.80. The second-order valence-corrected chi connectivity index (χ2v) is 11.7. The van der Waals surface area contributed by atoms with E-state index in [1.54, 1.807) is 6.20 Å². The van der Waals surface area contributed by atoms with Crippen LogP contribution < -0.4 is 4.90 Å². The highest BCUT2D eigenvalue weighted by Crippen LogP contribution is 2.61. The van der Waals surface area contributed by atoms with Crippen molar-refractivity contribution in [1.82, 2.24) is 9.88 Å². The van der Waals surface area contributed by atoms with Gasteiger partial charge in [-0.25, -0.2) is 4.98 Å². The van der Waals surface area contributed by atoms with Gasteiger partial charge in [0.15, 0.2) is 0 Å². The van der Waals surface area contributed by atoms with Crippen molar-refractivity contribution in [1.29, 1.82) is 0 Å². The summed E-state index contributed by atoms with van der Waals surface area (Å²) >= 11 is 0. The lowest BCUT2D eigenvalue weighted by atomic mass is 9.48. The Morgan fingerprint density at radius 3 is 2.18 bits per heavy atom. The highest BCUT2D eigenvalue weighted by molar-refractivity contribution is 5.96. The summed E-state index contributed by atoms with van der Waals surface area (Å²) in [5.74, 6) is 8.67. The molecule has 4 saturated carbocycles. The molecule has 8 heteroatoms. The number of aliphatic hydroxyl groups excluding tert-OH is 1. The van der Waals surface area contributed by atoms with Gasteiger partial charge in [0.25, 0.3) is 5.91 Å². The van der Waals surface area contributed by atoms with E-state index >= 15 is 0 Å². The molecule has 0 spiro atoms. The van der Waals surface area contributed by atoms with Gasteiger partial charge < -0.3 is 14.9 Å². The number of nitrogens with zero attached hydrogens (tertiary/aromatic N) is 3. The number of aromatic nitrogens is 1. The lowest BCUT2D eigenvalue weighted by Crippen LogP contribution is -2.51. The molecule has 1 aliphatic heterocycles. The van der Waals surface area contributed by atoms with Gasteiger partial charge in [-0.15, -0.1) is 0 Å². The minimum Gasteiger partial charge on any atom is -0.380 e. The minimum absolute atomic E-state index is 0.0349. The molecule has 1 N–H and O–H groups in total. The quantitative estimate of drug-likeness (QED) is 0.576. The first-order valence-corrected chi connectivity index (χ1v) is 13.6. The summed E-state index contributed by atoms with van der Waals surface area (Å²) in [6, 6.07) is 8.69. The number of hydrogen-bond donors (Lipinski definition) is 1. The first kappa shape index (κ1) is 25.2. The molecule has 4 bridgehead atoms. The van der Waals surface area contributed by atoms with Crippen LogP contribution in [-0.2, 0) is 6.18 Å². The van der Waals surface area contributed by atoms with E-state index in [0.29, 0.717) is 26.2 Å². The molecule has 38 heavy (non-hydrogen) atoms. The summed E-state index contributed by atoms with van der Waals surface area (Å²) in [4.78, 5) is 20.9. The van der Waals surface area contributed by atoms with Crippen LogP contribution in [0.3, 0.4) is 0 Å². The SMILES string of the molecule is O=C(c1ccccc1C(F)(F)F)N1CCN(c2ccc(C#CC(O)C34CC5CC(CC(C5)C3)C4)cn2)CC1. The van der Waals surface area contributed by atoms with Crippen LogP contribution in [0.25, 0.3) is 0 Å². The van der Waals surface area contributed by atoms with Gasteiger partial charge >= 0.3 is 6.18 Å². The second kappa shape index (κ2) is 9.60. The molecule has 4 aliphatic carbocycles. The first-order valence-electron chi connectivity index (χ1n) is 13.6. The predicted octanol–water partition coefficient (Wildman–Crippen LogP) is 4.99. The number of pyridine rings is 1. The second-order valence-electron chi connectivity index (χ2n) is 11.7. The number of benzene rings is 1. The van der Waals surface area contributed by atoms with E-state index in [2.05, 4.69) is 16.8 Å². The van der Waals surface area contributed by atoms with Crippen molar-refractivity contribution in [2.45, 2.75) is 50.8 Å². The van der Waals surface area contributed by atoms with E-state index in [9.17, 15) is 23.1 Å². The molecule has 5 fully saturated rings. The van der Waals surface area contributed by atoms with Crippen LogP contribution in [0.15, 0.2) is 42.6 Å². The summed E-state index contributed by atoms with van der Waals surface area (Å²) in [6.45, 7) is 1.57. The molecule has 5 nitrogen and oxygen atoms in total. The number of carbonyl (C=O) groups is 1. The number of alkyl halides is 3. The number of piperazine rings is 1. The predicted molar refractivity (Wildman–Crippen MR) is 137 cm³/mol. The Morgan fingerprint density at radius 2 is 1.61 bits per heavy atom. The minimum atomic E-state index is -4.58. The fourth-order valence-corrected chi connectivity index (χ4v) is 7.69. The van der Waals surface area contributed by atoms with Gasteiger partial charge in [0.2, 0.25) is 0 Å². The van der Waals surface area contributed by atoms with Crippen molar-refractivity contribution in [3.63, 3.8) is 0 Å². The van der Waals surface area contributed by atoms with Crippen LogP contribution in [0.2, 0.25) is 0 Å². The van der Waals surface area contributed by atoms with E-state index in [1.165, 1.54) is 42.4 Å². The van der Waals surface area contributed by atoms with Crippen molar-refractivity contribution in [2.75, 3.05) is 31.1 Å². The molecule has 7 rings (SSSR count). The molecule has 200 valence electrons. The molecular weight excluding hydrogens is 491 g/mol. The summed E-state index contributed by atoms with van der Waals surface area (Å²) in [5.41, 5.74) is -0.508. The molecular formula is C30H32F3N3O2. The van der Waals surface area contributed by atoms with Gasteiger partial charge in [-0.3, -0.25) is 4.79 Å². The Morgan fingerprint density at radius 1 is 0.974 bits per heavy atom. The molecule has 1 saturated heterocycles. The summed E-state index contributed by atoms with van der Waals surface area (Å²) in [7, 11) is 0. The van der Waals surface area contributed by atoms with Crippen LogP contribution in [-0.4, -0.2) is 53.2 Å². The van der Waals surface area contributed by atoms with Crippen LogP contribution in [0.5, 0.6) is 0 Å². The molecule has 1 atom stereocenters. The number of amides is 1.